The monoisotopic (exact) mass is 892 g/mol. The number of benzene rings is 13. The summed E-state index contributed by atoms with van der Waals surface area (Å²) >= 11 is 0. The normalized spacial score (nSPS) is 12.0. The first-order valence-electron chi connectivity index (χ1n) is 23.9. The van der Waals surface area contributed by atoms with Gasteiger partial charge in [-0.3, -0.25) is 0 Å². The van der Waals surface area contributed by atoms with E-state index in [1.165, 1.54) is 43.1 Å². The molecule has 2 heterocycles. The van der Waals surface area contributed by atoms with E-state index in [-0.39, 0.29) is 0 Å². The molecule has 15 rings (SSSR count). The second-order valence-electron chi connectivity index (χ2n) is 18.5. The Hall–Kier alpha value is -9.38. The van der Waals surface area contributed by atoms with Gasteiger partial charge in [0.15, 0.2) is 11.2 Å². The molecule has 15 aromatic rings. The van der Waals surface area contributed by atoms with Crippen LogP contribution in [0.3, 0.4) is 0 Å². The van der Waals surface area contributed by atoms with E-state index in [1.807, 2.05) is 0 Å². The maximum atomic E-state index is 6.88. The Bertz CT molecular complexity index is 4330. The number of nitrogens with zero attached hydrogens (tertiary/aromatic N) is 2. The van der Waals surface area contributed by atoms with Crippen LogP contribution in [-0.4, -0.2) is 0 Å². The third kappa shape index (κ3) is 6.03. The van der Waals surface area contributed by atoms with Gasteiger partial charge in [-0.1, -0.05) is 146 Å². The summed E-state index contributed by atoms with van der Waals surface area (Å²) in [6.45, 7) is 0. The largest absolute Gasteiger partial charge is 0.452 e. The van der Waals surface area contributed by atoms with Crippen LogP contribution < -0.4 is 9.80 Å². The van der Waals surface area contributed by atoms with Crippen LogP contribution >= 0.6 is 0 Å². The molecule has 0 aliphatic rings. The molecule has 0 amide bonds. The summed E-state index contributed by atoms with van der Waals surface area (Å²) in [4.78, 5) is 4.76. The van der Waals surface area contributed by atoms with Crippen molar-refractivity contribution in [1.82, 2.24) is 0 Å². The van der Waals surface area contributed by atoms with Crippen LogP contribution in [0.25, 0.3) is 109 Å². The summed E-state index contributed by atoms with van der Waals surface area (Å²) in [5.41, 5.74) is 9.77. The molecule has 0 aliphatic heterocycles. The Labute approximate surface area is 402 Å². The van der Waals surface area contributed by atoms with Crippen molar-refractivity contribution in [3.63, 3.8) is 0 Å². The molecule has 13 aromatic carbocycles. The fourth-order valence-electron chi connectivity index (χ4n) is 11.1. The molecule has 0 aliphatic carbocycles. The Morgan fingerprint density at radius 2 is 0.557 bits per heavy atom. The fraction of sp³-hybridized carbons (Fsp3) is 0. The minimum absolute atomic E-state index is 0.760. The third-order valence-corrected chi connectivity index (χ3v) is 14.5. The topological polar surface area (TPSA) is 32.8 Å². The number of hydrogen-bond acceptors (Lipinski definition) is 4. The van der Waals surface area contributed by atoms with Crippen LogP contribution in [-0.2, 0) is 0 Å². The zero-order valence-electron chi connectivity index (χ0n) is 37.8. The second-order valence-corrected chi connectivity index (χ2v) is 18.5. The molecule has 326 valence electrons. The fourth-order valence-corrected chi connectivity index (χ4v) is 11.1. The highest BCUT2D eigenvalue weighted by molar-refractivity contribution is 6.21. The molecule has 0 spiro atoms. The van der Waals surface area contributed by atoms with Crippen LogP contribution in [0.2, 0.25) is 0 Å². The highest BCUT2D eigenvalue weighted by Gasteiger charge is 2.21. The van der Waals surface area contributed by atoms with E-state index in [0.717, 1.165) is 99.5 Å². The summed E-state index contributed by atoms with van der Waals surface area (Å²) in [7, 11) is 0. The predicted octanol–water partition coefficient (Wildman–Crippen LogP) is 19.3. The lowest BCUT2D eigenvalue weighted by atomic mass is 10.0. The first-order chi connectivity index (χ1) is 34.6. The Morgan fingerprint density at radius 3 is 1.00 bits per heavy atom. The van der Waals surface area contributed by atoms with Crippen molar-refractivity contribution in [2.45, 2.75) is 0 Å². The summed E-state index contributed by atoms with van der Waals surface area (Å²) in [6, 6.07) is 87.8. The molecule has 2 aromatic heterocycles. The average molecular weight is 893 g/mol. The van der Waals surface area contributed by atoms with Gasteiger partial charge in [0.25, 0.3) is 0 Å². The van der Waals surface area contributed by atoms with Crippen molar-refractivity contribution < 1.29 is 8.83 Å². The van der Waals surface area contributed by atoms with Crippen molar-refractivity contribution in [2.75, 3.05) is 9.80 Å². The lowest BCUT2D eigenvalue weighted by Gasteiger charge is -2.27. The van der Waals surface area contributed by atoms with E-state index < -0.39 is 0 Å². The zero-order chi connectivity index (χ0) is 45.9. The number of rotatable bonds is 6. The number of anilines is 6. The Morgan fingerprint density at radius 1 is 0.214 bits per heavy atom. The lowest BCUT2D eigenvalue weighted by molar-refractivity contribution is 0.634. The SMILES string of the molecule is c1ccc2cc(N(c3ccc4cc5c(cc4c3)oc3c5ccc4c5cc6ccc(N(c7ccc8ccccc8c7)c7cccc8ccccc78)cc6cc5oc43)c3cccc4ccccc34)ccc2c1. The van der Waals surface area contributed by atoms with Crippen LogP contribution in [0.5, 0.6) is 0 Å². The van der Waals surface area contributed by atoms with Crippen molar-refractivity contribution in [3.8, 4) is 0 Å². The maximum Gasteiger partial charge on any atom is 0.178 e. The molecule has 0 N–H and O–H groups in total. The molecule has 0 bridgehead atoms. The van der Waals surface area contributed by atoms with Gasteiger partial charge in [-0.05, 0) is 151 Å². The first-order valence-corrected chi connectivity index (χ1v) is 23.9. The van der Waals surface area contributed by atoms with E-state index in [2.05, 4.69) is 252 Å². The molecule has 70 heavy (non-hydrogen) atoms. The van der Waals surface area contributed by atoms with Gasteiger partial charge in [0, 0.05) is 55.1 Å². The summed E-state index contributed by atoms with van der Waals surface area (Å²) in [5.74, 6) is 0. The van der Waals surface area contributed by atoms with Crippen LogP contribution in [0, 0.1) is 0 Å². The van der Waals surface area contributed by atoms with Gasteiger partial charge < -0.3 is 18.6 Å². The number of hydrogen-bond donors (Lipinski definition) is 0. The number of furan rings is 2. The van der Waals surface area contributed by atoms with Crippen molar-refractivity contribution in [2.24, 2.45) is 0 Å². The van der Waals surface area contributed by atoms with Crippen LogP contribution in [0.1, 0.15) is 0 Å². The molecule has 0 saturated heterocycles. The molecule has 0 fully saturated rings. The van der Waals surface area contributed by atoms with E-state index in [1.54, 1.807) is 0 Å². The highest BCUT2D eigenvalue weighted by atomic mass is 16.4. The third-order valence-electron chi connectivity index (χ3n) is 14.5. The van der Waals surface area contributed by atoms with Gasteiger partial charge >= 0.3 is 0 Å². The molecule has 0 radical (unpaired) electrons. The average Bonchev–Trinajstić information content (AvgIpc) is 3.97. The second kappa shape index (κ2) is 15.1. The molecule has 4 heteroatoms. The van der Waals surface area contributed by atoms with Crippen molar-refractivity contribution in [1.29, 1.82) is 0 Å². The smallest absolute Gasteiger partial charge is 0.178 e. The van der Waals surface area contributed by atoms with Crippen molar-refractivity contribution in [3.05, 3.63) is 243 Å². The molecular formula is C66H40N2O2. The highest BCUT2D eigenvalue weighted by Crippen LogP contribution is 2.46. The molecule has 0 atom stereocenters. The van der Waals surface area contributed by atoms with E-state index >= 15 is 0 Å². The molecule has 0 unspecified atom stereocenters. The van der Waals surface area contributed by atoms with Gasteiger partial charge in [-0.15, -0.1) is 0 Å². The van der Waals surface area contributed by atoms with Gasteiger partial charge in [-0.25, -0.2) is 0 Å². The standard InChI is InChI=1S/C66H40N2O2/c1-3-15-45-33-51(27-23-41(45)11-1)67(61-21-9-17-43-13-5-7-19-55(43)61)53-29-25-47-37-59-57-31-32-58-60-38-48-26-30-54(36-50(48)40-64(60)70-66(58)65(57)69-63(59)39-49(47)35-53)68(52-28-24-42-12-2-4-16-46(42)34-52)62-22-10-18-44-14-6-8-20-56(44)62/h1-40H. The van der Waals surface area contributed by atoms with Crippen LogP contribution in [0.15, 0.2) is 251 Å². The predicted molar refractivity (Wildman–Crippen MR) is 295 cm³/mol. The van der Waals surface area contributed by atoms with E-state index in [9.17, 15) is 0 Å². The summed E-state index contributed by atoms with van der Waals surface area (Å²) < 4.78 is 13.8. The van der Waals surface area contributed by atoms with Gasteiger partial charge in [0.05, 0.1) is 11.4 Å². The minimum atomic E-state index is 0.760. The van der Waals surface area contributed by atoms with Gasteiger partial charge in [0.1, 0.15) is 11.2 Å². The summed E-state index contributed by atoms with van der Waals surface area (Å²) in [5, 5.41) is 18.3. The minimum Gasteiger partial charge on any atom is -0.452 e. The van der Waals surface area contributed by atoms with E-state index in [0.29, 0.717) is 0 Å². The van der Waals surface area contributed by atoms with Gasteiger partial charge in [0.2, 0.25) is 0 Å². The van der Waals surface area contributed by atoms with Crippen molar-refractivity contribution >= 4 is 143 Å². The lowest BCUT2D eigenvalue weighted by Crippen LogP contribution is -2.10. The van der Waals surface area contributed by atoms with E-state index in [4.69, 9.17) is 8.83 Å². The van der Waals surface area contributed by atoms with Crippen LogP contribution in [0.4, 0.5) is 34.1 Å². The summed E-state index contributed by atoms with van der Waals surface area (Å²) in [6.07, 6.45) is 0. The molecular weight excluding hydrogens is 853 g/mol. The maximum absolute atomic E-state index is 6.88. The Balaban J connectivity index is 0.862. The zero-order valence-corrected chi connectivity index (χ0v) is 37.8. The quantitative estimate of drug-likeness (QED) is 0.166. The first kappa shape index (κ1) is 38.7. The van der Waals surface area contributed by atoms with Gasteiger partial charge in [-0.2, -0.15) is 0 Å². The molecule has 0 saturated carbocycles. The Kier molecular flexibility index (Phi) is 8.33. The molecule has 4 nitrogen and oxygen atoms in total. The number of fused-ring (bicyclic) bond motifs is 13.